The molecule has 0 amide bonds. The van der Waals surface area contributed by atoms with E-state index in [2.05, 4.69) is 88.4 Å². The van der Waals surface area contributed by atoms with E-state index in [1.807, 2.05) is 41.5 Å². The Morgan fingerprint density at radius 3 is 0.706 bits per heavy atom. The lowest BCUT2D eigenvalue weighted by molar-refractivity contribution is -0.106. The number of aldehydes is 2. The third-order valence-corrected chi connectivity index (χ3v) is 10.4. The molecule has 0 fully saturated rings. The summed E-state index contributed by atoms with van der Waals surface area (Å²) in [5.74, 6) is 0. The van der Waals surface area contributed by atoms with Gasteiger partial charge in [-0.25, -0.2) is 0 Å². The largest absolute Gasteiger partial charge is 0.304 e. The zero-order valence-corrected chi connectivity index (χ0v) is 42.5. The van der Waals surface area contributed by atoms with Crippen molar-refractivity contribution in [2.75, 3.05) is 0 Å². The first-order valence-electron chi connectivity index (χ1n) is 25.9. The first-order chi connectivity index (χ1) is 29.6. The Kier molecular flexibility index (Phi) is 118. The summed E-state index contributed by atoms with van der Waals surface area (Å²) in [6, 6.07) is 23.4. The zero-order chi connectivity index (χ0) is 45.7. The van der Waals surface area contributed by atoms with Gasteiger partial charge in [-0.1, -0.05) is 318 Å². The van der Waals surface area contributed by atoms with Crippen LogP contribution in [0.25, 0.3) is 10.8 Å². The minimum absolute atomic E-state index is 0. The minimum Gasteiger partial charge on any atom is -0.304 e. The second-order valence-electron chi connectivity index (χ2n) is 15.3. The predicted molar refractivity (Wildman–Crippen MR) is 330 cm³/mol. The van der Waals surface area contributed by atoms with Crippen molar-refractivity contribution in [1.29, 1.82) is 0 Å². The van der Waals surface area contributed by atoms with Gasteiger partial charge in [0.25, 0.3) is 0 Å². The molecule has 0 radical (unpaired) electrons. The van der Waals surface area contributed by atoms with Crippen LogP contribution in [-0.2, 0) is 35.3 Å². The topological polar surface area (TPSA) is 34.1 Å². The third kappa shape index (κ3) is 61.3. The summed E-state index contributed by atoms with van der Waals surface area (Å²) in [4.78, 5) is 17.6. The van der Waals surface area contributed by atoms with Crippen LogP contribution < -0.4 is 0 Å². The molecule has 0 aliphatic carbocycles. The van der Waals surface area contributed by atoms with Gasteiger partial charge in [0.15, 0.2) is 0 Å². The van der Waals surface area contributed by atoms with Crippen molar-refractivity contribution in [3.05, 3.63) is 82.9 Å². The van der Waals surface area contributed by atoms with Gasteiger partial charge < -0.3 is 9.59 Å². The normalized spacial score (nSPS) is 8.53. The van der Waals surface area contributed by atoms with Crippen LogP contribution in [0.1, 0.15) is 319 Å². The number of aryl methyl sites for hydroxylation is 4. The van der Waals surface area contributed by atoms with Gasteiger partial charge in [-0.3, -0.25) is 0 Å². The SMILES string of the molecule is C.C.C.C.C.C.C.C.CC.CC.CC.CC=O.CC=O.CCCCCCCCCc1ccc(CCCCCCC)c2ccccc12.CCCCCCCCCc1ccc(CCCCCCC)cc1. The Balaban J connectivity index is -0.0000000688. The number of carbonyl (C=O) groups is 2. The number of fused-ring (bicyclic) bond motifs is 1. The maximum absolute atomic E-state index is 8.81. The van der Waals surface area contributed by atoms with E-state index in [0.29, 0.717) is 0 Å². The quantitative estimate of drug-likeness (QED) is 0.0537. The molecule has 412 valence electrons. The molecule has 68 heavy (non-hydrogen) atoms. The molecule has 0 bridgehead atoms. The van der Waals surface area contributed by atoms with Crippen molar-refractivity contribution in [3.63, 3.8) is 0 Å². The van der Waals surface area contributed by atoms with Gasteiger partial charge in [-0.05, 0) is 98.2 Å². The van der Waals surface area contributed by atoms with Gasteiger partial charge in [0.1, 0.15) is 12.6 Å². The highest BCUT2D eigenvalue weighted by atomic mass is 16.1. The molecule has 0 heterocycles. The number of unbranched alkanes of at least 4 members (excludes halogenated alkanes) is 20. The fourth-order valence-corrected chi connectivity index (χ4v) is 7.14. The molecule has 0 unspecified atom stereocenters. The molecule has 2 nitrogen and oxygen atoms in total. The summed E-state index contributed by atoms with van der Waals surface area (Å²) >= 11 is 0. The van der Waals surface area contributed by atoms with Crippen LogP contribution in [0.2, 0.25) is 0 Å². The van der Waals surface area contributed by atoms with Crippen molar-refractivity contribution in [2.24, 2.45) is 0 Å². The molecule has 0 aliphatic heterocycles. The summed E-state index contributed by atoms with van der Waals surface area (Å²) < 4.78 is 0. The molecular weight excluding hydrogens is 825 g/mol. The second kappa shape index (κ2) is 84.2. The van der Waals surface area contributed by atoms with Crippen LogP contribution in [0.3, 0.4) is 0 Å². The number of hydrogen-bond acceptors (Lipinski definition) is 2. The van der Waals surface area contributed by atoms with E-state index >= 15 is 0 Å². The third-order valence-electron chi connectivity index (χ3n) is 10.4. The molecule has 3 aromatic carbocycles. The first kappa shape index (κ1) is 95.0. The summed E-state index contributed by atoms with van der Waals surface area (Å²) in [6.45, 7) is 24.0. The molecule has 0 N–H and O–H groups in total. The Morgan fingerprint density at radius 2 is 0.485 bits per heavy atom. The summed E-state index contributed by atoms with van der Waals surface area (Å²) in [5, 5.41) is 3.01. The van der Waals surface area contributed by atoms with Gasteiger partial charge in [-0.2, -0.15) is 0 Å². The van der Waals surface area contributed by atoms with E-state index < -0.39 is 0 Å². The Labute approximate surface area is 436 Å². The number of rotatable bonds is 28. The van der Waals surface area contributed by atoms with E-state index in [9.17, 15) is 0 Å². The first-order valence-corrected chi connectivity index (χ1v) is 25.9. The molecule has 0 saturated heterocycles. The van der Waals surface area contributed by atoms with E-state index in [4.69, 9.17) is 9.59 Å². The monoisotopic (exact) mass is 961 g/mol. The van der Waals surface area contributed by atoms with E-state index in [1.165, 1.54) is 216 Å². The summed E-state index contributed by atoms with van der Waals surface area (Å²) in [5.41, 5.74) is 6.17. The molecule has 0 atom stereocenters. The second-order valence-corrected chi connectivity index (χ2v) is 15.3. The highest BCUT2D eigenvalue weighted by Crippen LogP contribution is 2.26. The van der Waals surface area contributed by atoms with E-state index in [1.54, 1.807) is 11.1 Å². The van der Waals surface area contributed by atoms with Gasteiger partial charge in [-0.15, -0.1) is 0 Å². The summed E-state index contributed by atoms with van der Waals surface area (Å²) in [6.07, 6.45) is 39.8. The van der Waals surface area contributed by atoms with Crippen molar-refractivity contribution in [1.82, 2.24) is 0 Å². The highest BCUT2D eigenvalue weighted by Gasteiger charge is 2.06. The number of carbonyl (C=O) groups excluding carboxylic acids is 2. The lowest BCUT2D eigenvalue weighted by Crippen LogP contribution is -1.94. The molecule has 0 saturated carbocycles. The van der Waals surface area contributed by atoms with Crippen molar-refractivity contribution in [2.45, 2.75) is 322 Å². The Morgan fingerprint density at radius 1 is 0.294 bits per heavy atom. The number of benzene rings is 3. The van der Waals surface area contributed by atoms with Crippen LogP contribution in [-0.4, -0.2) is 12.6 Å². The van der Waals surface area contributed by atoms with Crippen molar-refractivity contribution < 1.29 is 9.59 Å². The minimum atomic E-state index is 0. The smallest absolute Gasteiger partial charge is 0.116 e. The highest BCUT2D eigenvalue weighted by molar-refractivity contribution is 5.88. The average Bonchev–Trinajstić information content (AvgIpc) is 3.29. The molecule has 0 spiro atoms. The van der Waals surface area contributed by atoms with Crippen LogP contribution in [0.5, 0.6) is 0 Å². The van der Waals surface area contributed by atoms with Crippen LogP contribution in [0, 0.1) is 0 Å². The molecule has 0 aromatic heterocycles. The maximum Gasteiger partial charge on any atom is 0.116 e. The lowest BCUT2D eigenvalue weighted by Gasteiger charge is -2.12. The standard InChI is InChI=1S/C26H40.C22H38.2C2H4O.3C2H6.8CH4/c1-3-5-7-9-10-12-14-18-24-22-21-23(17-13-11-8-6-4-2)25-19-15-16-20-26(24)25;1-3-5-7-9-10-12-14-16-22-19-17-21(18-20-22)15-13-11-8-6-4-2;2*1-2-3;3*1-2;;;;;;;;/h15-16,19-22H,3-14,17-18H2,1-2H3;17-20H,3-16H2,1-2H3;2*2H,1H3;3*1-2H3;8*1H4. The predicted octanol–water partition coefficient (Wildman–Crippen LogP) is 24.7. The van der Waals surface area contributed by atoms with Crippen molar-refractivity contribution >= 4 is 23.3 Å². The fourth-order valence-electron chi connectivity index (χ4n) is 7.14. The van der Waals surface area contributed by atoms with E-state index in [-0.39, 0.29) is 59.4 Å². The zero-order valence-electron chi connectivity index (χ0n) is 42.5. The molecular formula is C66H136O2. The van der Waals surface area contributed by atoms with Crippen molar-refractivity contribution in [3.8, 4) is 0 Å². The van der Waals surface area contributed by atoms with Gasteiger partial charge in [0, 0.05) is 0 Å². The van der Waals surface area contributed by atoms with E-state index in [0.717, 1.165) is 12.6 Å². The van der Waals surface area contributed by atoms with Crippen LogP contribution in [0.15, 0.2) is 60.7 Å². The molecule has 2 heteroatoms. The maximum atomic E-state index is 8.81. The molecule has 0 aliphatic rings. The van der Waals surface area contributed by atoms with Gasteiger partial charge in [0.05, 0.1) is 0 Å². The van der Waals surface area contributed by atoms with Crippen LogP contribution >= 0.6 is 0 Å². The Bertz CT molecular complexity index is 1220. The van der Waals surface area contributed by atoms with Gasteiger partial charge in [0.2, 0.25) is 0 Å². The fraction of sp³-hybridized carbons (Fsp3) is 0.727. The Hall–Kier alpha value is -2.74. The molecule has 3 aromatic rings. The lowest BCUT2D eigenvalue weighted by atomic mass is 9.93. The molecule has 3 rings (SSSR count). The number of hydrogen-bond donors (Lipinski definition) is 0. The van der Waals surface area contributed by atoms with Gasteiger partial charge >= 0.3 is 0 Å². The van der Waals surface area contributed by atoms with Crippen LogP contribution in [0.4, 0.5) is 0 Å². The summed E-state index contributed by atoms with van der Waals surface area (Å²) in [7, 11) is 0. The average molecular weight is 962 g/mol.